The van der Waals surface area contributed by atoms with Gasteiger partial charge in [-0.05, 0) is 6.42 Å². The Bertz CT molecular complexity index is 645. The zero-order valence-electron chi connectivity index (χ0n) is 10.4. The third kappa shape index (κ3) is 2.29. The quantitative estimate of drug-likeness (QED) is 0.625. The highest BCUT2D eigenvalue weighted by atomic mass is 35.5. The van der Waals surface area contributed by atoms with E-state index in [1.165, 1.54) is 12.7 Å². The number of hydrogen-bond acceptors (Lipinski definition) is 6. The van der Waals surface area contributed by atoms with E-state index in [-0.39, 0.29) is 11.8 Å². The van der Waals surface area contributed by atoms with Crippen LogP contribution >= 0.6 is 11.6 Å². The molecule has 0 amide bonds. The Balaban J connectivity index is 2.02. The SMILES string of the molecule is OC[C@@H]1C=CC[C@@H](O)[C@H](n2cnc3c(Cl)ncnc32)O1. The lowest BCUT2D eigenvalue weighted by atomic mass is 10.2. The summed E-state index contributed by atoms with van der Waals surface area (Å²) in [4.78, 5) is 12.1. The number of rotatable bonds is 2. The van der Waals surface area contributed by atoms with Crippen LogP contribution in [-0.2, 0) is 4.74 Å². The minimum atomic E-state index is -0.769. The normalized spacial score (nSPS) is 26.9. The molecule has 0 saturated heterocycles. The second-order valence-corrected chi connectivity index (χ2v) is 4.83. The van der Waals surface area contributed by atoms with Gasteiger partial charge < -0.3 is 14.9 Å². The van der Waals surface area contributed by atoms with Gasteiger partial charge in [-0.2, -0.15) is 0 Å². The summed E-state index contributed by atoms with van der Waals surface area (Å²) in [5, 5.41) is 19.7. The minimum absolute atomic E-state index is 0.165. The summed E-state index contributed by atoms with van der Waals surface area (Å²) >= 11 is 5.95. The molecule has 0 fully saturated rings. The van der Waals surface area contributed by atoms with Gasteiger partial charge in [0, 0.05) is 0 Å². The van der Waals surface area contributed by atoms with Crippen molar-refractivity contribution < 1.29 is 14.9 Å². The van der Waals surface area contributed by atoms with Gasteiger partial charge in [-0.3, -0.25) is 4.57 Å². The van der Waals surface area contributed by atoms with Gasteiger partial charge in [0.15, 0.2) is 17.0 Å². The molecule has 20 heavy (non-hydrogen) atoms. The van der Waals surface area contributed by atoms with E-state index in [2.05, 4.69) is 15.0 Å². The number of fused-ring (bicyclic) bond motifs is 1. The fourth-order valence-electron chi connectivity index (χ4n) is 2.17. The van der Waals surface area contributed by atoms with Gasteiger partial charge in [-0.25, -0.2) is 15.0 Å². The largest absolute Gasteiger partial charge is 0.393 e. The molecule has 0 spiro atoms. The number of nitrogens with zero attached hydrogens (tertiary/aromatic N) is 4. The molecule has 106 valence electrons. The predicted octanol–water partition coefficient (Wildman–Crippen LogP) is 0.677. The van der Waals surface area contributed by atoms with Crippen LogP contribution in [0, 0.1) is 0 Å². The number of aromatic nitrogens is 4. The van der Waals surface area contributed by atoms with Gasteiger partial charge in [0.2, 0.25) is 0 Å². The summed E-state index contributed by atoms with van der Waals surface area (Å²) in [6.07, 6.45) is 4.81. The van der Waals surface area contributed by atoms with E-state index < -0.39 is 18.4 Å². The van der Waals surface area contributed by atoms with Crippen molar-refractivity contribution >= 4 is 22.8 Å². The highest BCUT2D eigenvalue weighted by Gasteiger charge is 2.28. The number of halogens is 1. The van der Waals surface area contributed by atoms with Crippen molar-refractivity contribution in [2.75, 3.05) is 6.61 Å². The summed E-state index contributed by atoms with van der Waals surface area (Å²) in [5.41, 5.74) is 0.926. The topological polar surface area (TPSA) is 93.3 Å². The fourth-order valence-corrected chi connectivity index (χ4v) is 2.34. The van der Waals surface area contributed by atoms with Crippen LogP contribution in [0.1, 0.15) is 12.6 Å². The van der Waals surface area contributed by atoms with Crippen LogP contribution in [0.2, 0.25) is 5.15 Å². The molecule has 8 heteroatoms. The van der Waals surface area contributed by atoms with E-state index in [4.69, 9.17) is 16.3 Å². The molecule has 0 unspecified atom stereocenters. The van der Waals surface area contributed by atoms with Crippen molar-refractivity contribution in [2.24, 2.45) is 0 Å². The zero-order valence-corrected chi connectivity index (χ0v) is 11.2. The lowest BCUT2D eigenvalue weighted by Crippen LogP contribution is -2.29. The van der Waals surface area contributed by atoms with Crippen molar-refractivity contribution in [3.8, 4) is 0 Å². The standard InChI is InChI=1S/C12H13ClN4O3/c13-10-9-11(15-5-14-10)17(6-16-9)12-8(19)3-1-2-7(4-18)20-12/h1-2,5-8,12,18-19H,3-4H2/t7-,8+,12+/m0/s1. The van der Waals surface area contributed by atoms with Crippen molar-refractivity contribution in [1.82, 2.24) is 19.5 Å². The molecule has 3 heterocycles. The average molecular weight is 297 g/mol. The second-order valence-electron chi connectivity index (χ2n) is 4.47. The maximum atomic E-state index is 10.2. The van der Waals surface area contributed by atoms with E-state index >= 15 is 0 Å². The third-order valence-corrected chi connectivity index (χ3v) is 3.42. The van der Waals surface area contributed by atoms with Crippen molar-refractivity contribution in [2.45, 2.75) is 24.9 Å². The monoisotopic (exact) mass is 296 g/mol. The fraction of sp³-hybridized carbons (Fsp3) is 0.417. The Morgan fingerprint density at radius 1 is 1.40 bits per heavy atom. The lowest BCUT2D eigenvalue weighted by Gasteiger charge is -2.24. The van der Waals surface area contributed by atoms with Gasteiger partial charge in [0.1, 0.15) is 24.1 Å². The van der Waals surface area contributed by atoms with E-state index in [1.54, 1.807) is 16.7 Å². The Labute approximate surface area is 119 Å². The van der Waals surface area contributed by atoms with E-state index in [0.717, 1.165) is 0 Å². The Morgan fingerprint density at radius 3 is 3.05 bits per heavy atom. The molecule has 3 atom stereocenters. The Hall–Kier alpha value is -1.54. The van der Waals surface area contributed by atoms with Crippen LogP contribution in [0.4, 0.5) is 0 Å². The summed E-state index contributed by atoms with van der Waals surface area (Å²) in [6.45, 7) is -0.165. The summed E-state index contributed by atoms with van der Waals surface area (Å²) < 4.78 is 7.30. The molecule has 2 N–H and O–H groups in total. The maximum absolute atomic E-state index is 10.2. The first-order valence-corrected chi connectivity index (χ1v) is 6.52. The third-order valence-electron chi connectivity index (χ3n) is 3.14. The number of ether oxygens (including phenoxy) is 1. The highest BCUT2D eigenvalue weighted by Crippen LogP contribution is 2.27. The summed E-state index contributed by atoms with van der Waals surface area (Å²) in [7, 11) is 0. The molecule has 1 aliphatic heterocycles. The van der Waals surface area contributed by atoms with Gasteiger partial charge in [-0.15, -0.1) is 0 Å². The van der Waals surface area contributed by atoms with E-state index in [9.17, 15) is 10.2 Å². The van der Waals surface area contributed by atoms with Gasteiger partial charge in [-0.1, -0.05) is 23.8 Å². The first kappa shape index (κ1) is 13.4. The maximum Gasteiger partial charge on any atom is 0.167 e. The average Bonchev–Trinajstić information content (AvgIpc) is 2.79. The van der Waals surface area contributed by atoms with Crippen LogP contribution in [-0.4, -0.2) is 48.5 Å². The van der Waals surface area contributed by atoms with Crippen LogP contribution in [0.15, 0.2) is 24.8 Å². The first-order valence-electron chi connectivity index (χ1n) is 6.14. The van der Waals surface area contributed by atoms with E-state index in [0.29, 0.717) is 17.6 Å². The number of imidazole rings is 1. The van der Waals surface area contributed by atoms with Gasteiger partial charge in [0.05, 0.1) is 12.9 Å². The Morgan fingerprint density at radius 2 is 2.25 bits per heavy atom. The highest BCUT2D eigenvalue weighted by molar-refractivity contribution is 6.33. The molecule has 2 aromatic heterocycles. The molecule has 1 aliphatic rings. The second kappa shape index (κ2) is 5.45. The van der Waals surface area contributed by atoms with Crippen molar-refractivity contribution in [3.63, 3.8) is 0 Å². The van der Waals surface area contributed by atoms with E-state index in [1.807, 2.05) is 0 Å². The zero-order chi connectivity index (χ0) is 14.1. The molecule has 2 aromatic rings. The minimum Gasteiger partial charge on any atom is -0.393 e. The molecule has 0 saturated carbocycles. The molecule has 0 aromatic carbocycles. The molecular weight excluding hydrogens is 284 g/mol. The van der Waals surface area contributed by atoms with Crippen molar-refractivity contribution in [1.29, 1.82) is 0 Å². The van der Waals surface area contributed by atoms with Crippen LogP contribution in [0.5, 0.6) is 0 Å². The smallest absolute Gasteiger partial charge is 0.167 e. The van der Waals surface area contributed by atoms with Crippen LogP contribution in [0.25, 0.3) is 11.2 Å². The number of aliphatic hydroxyl groups is 2. The number of aliphatic hydroxyl groups excluding tert-OH is 2. The molecule has 3 rings (SSSR count). The lowest BCUT2D eigenvalue weighted by molar-refractivity contribution is -0.107. The van der Waals surface area contributed by atoms with Gasteiger partial charge in [0.25, 0.3) is 0 Å². The molecule has 0 bridgehead atoms. The molecule has 7 nitrogen and oxygen atoms in total. The van der Waals surface area contributed by atoms with Crippen molar-refractivity contribution in [3.05, 3.63) is 30.0 Å². The molecule has 0 radical (unpaired) electrons. The molecular formula is C12H13ClN4O3. The van der Waals surface area contributed by atoms with Crippen LogP contribution in [0.3, 0.4) is 0 Å². The number of hydrogen-bond donors (Lipinski definition) is 2. The Kier molecular flexibility index (Phi) is 3.66. The van der Waals surface area contributed by atoms with Gasteiger partial charge >= 0.3 is 0 Å². The molecule has 0 aliphatic carbocycles. The van der Waals surface area contributed by atoms with Crippen LogP contribution < -0.4 is 0 Å². The predicted molar refractivity (Wildman–Crippen MR) is 71.1 cm³/mol. The first-order chi connectivity index (χ1) is 9.70. The summed E-state index contributed by atoms with van der Waals surface area (Å²) in [6, 6.07) is 0. The summed E-state index contributed by atoms with van der Waals surface area (Å²) in [5.74, 6) is 0.